The lowest BCUT2D eigenvalue weighted by Gasteiger charge is -2.27. The number of hydrogen-bond donors (Lipinski definition) is 1. The standard InChI is InChI=1S/C11H25NO4S/c1-10(2,12)6-8-15-11(3,4)7-9-16-17(5,13)14/h6-9,12H2,1-5H3. The van der Waals surface area contributed by atoms with Gasteiger partial charge < -0.3 is 10.5 Å². The molecule has 0 heterocycles. The minimum Gasteiger partial charge on any atom is -0.375 e. The van der Waals surface area contributed by atoms with E-state index in [2.05, 4.69) is 4.18 Å². The van der Waals surface area contributed by atoms with Crippen molar-refractivity contribution < 1.29 is 17.3 Å². The molecule has 0 saturated heterocycles. The first kappa shape index (κ1) is 16.8. The third-order valence-electron chi connectivity index (χ3n) is 2.24. The smallest absolute Gasteiger partial charge is 0.264 e. The van der Waals surface area contributed by atoms with Gasteiger partial charge in [0, 0.05) is 18.6 Å². The molecular weight excluding hydrogens is 242 g/mol. The third-order valence-corrected chi connectivity index (χ3v) is 2.84. The minimum atomic E-state index is -3.37. The Bertz CT molecular complexity index is 317. The first-order valence-corrected chi connectivity index (χ1v) is 7.50. The Hall–Kier alpha value is -0.170. The molecule has 0 atom stereocenters. The Morgan fingerprint density at radius 3 is 2.00 bits per heavy atom. The molecule has 5 nitrogen and oxygen atoms in total. The normalized spacial score (nSPS) is 14.0. The summed E-state index contributed by atoms with van der Waals surface area (Å²) in [5.74, 6) is 0. The zero-order valence-electron chi connectivity index (χ0n) is 11.4. The molecule has 0 aromatic carbocycles. The highest BCUT2D eigenvalue weighted by Crippen LogP contribution is 2.16. The van der Waals surface area contributed by atoms with Crippen LogP contribution in [0.5, 0.6) is 0 Å². The third kappa shape index (κ3) is 12.1. The van der Waals surface area contributed by atoms with Crippen LogP contribution in [0.4, 0.5) is 0 Å². The predicted molar refractivity (Wildman–Crippen MR) is 68.3 cm³/mol. The summed E-state index contributed by atoms with van der Waals surface area (Å²) < 4.78 is 31.9. The Labute approximate surface area is 105 Å². The van der Waals surface area contributed by atoms with Crippen molar-refractivity contribution in [2.24, 2.45) is 5.73 Å². The van der Waals surface area contributed by atoms with Gasteiger partial charge in [-0.2, -0.15) is 8.42 Å². The van der Waals surface area contributed by atoms with Crippen molar-refractivity contribution in [3.63, 3.8) is 0 Å². The van der Waals surface area contributed by atoms with Crippen LogP contribution in [0.15, 0.2) is 0 Å². The van der Waals surface area contributed by atoms with Gasteiger partial charge in [-0.1, -0.05) is 0 Å². The van der Waals surface area contributed by atoms with E-state index in [1.165, 1.54) is 0 Å². The molecule has 0 aromatic heterocycles. The molecule has 104 valence electrons. The summed E-state index contributed by atoms with van der Waals surface area (Å²) in [6.45, 7) is 8.38. The summed E-state index contributed by atoms with van der Waals surface area (Å²) >= 11 is 0. The van der Waals surface area contributed by atoms with Gasteiger partial charge in [0.15, 0.2) is 0 Å². The summed E-state index contributed by atoms with van der Waals surface area (Å²) in [4.78, 5) is 0. The minimum absolute atomic E-state index is 0.137. The second-order valence-corrected chi connectivity index (χ2v) is 7.27. The average molecular weight is 267 g/mol. The van der Waals surface area contributed by atoms with Gasteiger partial charge in [-0.25, -0.2) is 0 Å². The van der Waals surface area contributed by atoms with Gasteiger partial charge >= 0.3 is 0 Å². The predicted octanol–water partition coefficient (Wildman–Crippen LogP) is 1.28. The van der Waals surface area contributed by atoms with E-state index in [1.807, 2.05) is 27.7 Å². The molecule has 0 unspecified atom stereocenters. The van der Waals surface area contributed by atoms with E-state index in [0.717, 1.165) is 12.7 Å². The fourth-order valence-electron chi connectivity index (χ4n) is 1.10. The highest BCUT2D eigenvalue weighted by Gasteiger charge is 2.20. The van der Waals surface area contributed by atoms with Crippen LogP contribution in [0, 0.1) is 0 Å². The lowest BCUT2D eigenvalue weighted by Crippen LogP contribution is -2.35. The molecule has 2 N–H and O–H groups in total. The van der Waals surface area contributed by atoms with E-state index in [9.17, 15) is 8.42 Å². The van der Waals surface area contributed by atoms with Crippen molar-refractivity contribution in [1.29, 1.82) is 0 Å². The van der Waals surface area contributed by atoms with Crippen molar-refractivity contribution in [2.75, 3.05) is 19.5 Å². The van der Waals surface area contributed by atoms with E-state index < -0.39 is 15.7 Å². The van der Waals surface area contributed by atoms with Crippen LogP contribution in [-0.2, 0) is 19.0 Å². The second kappa shape index (κ2) is 6.13. The lowest BCUT2D eigenvalue weighted by molar-refractivity contribution is -0.0354. The summed E-state index contributed by atoms with van der Waals surface area (Å²) in [5, 5.41) is 0. The molecule has 17 heavy (non-hydrogen) atoms. The van der Waals surface area contributed by atoms with Crippen LogP contribution < -0.4 is 5.73 Å². The molecule has 6 heteroatoms. The van der Waals surface area contributed by atoms with Gasteiger partial charge in [0.1, 0.15) is 0 Å². The van der Waals surface area contributed by atoms with Crippen molar-refractivity contribution in [3.05, 3.63) is 0 Å². The van der Waals surface area contributed by atoms with Crippen LogP contribution in [0.25, 0.3) is 0 Å². The van der Waals surface area contributed by atoms with Crippen molar-refractivity contribution in [2.45, 2.75) is 51.7 Å². The summed E-state index contributed by atoms with van der Waals surface area (Å²) in [6, 6.07) is 0. The summed E-state index contributed by atoms with van der Waals surface area (Å²) in [7, 11) is -3.37. The molecule has 0 aromatic rings. The van der Waals surface area contributed by atoms with Gasteiger partial charge in [0.05, 0.1) is 18.5 Å². The van der Waals surface area contributed by atoms with Gasteiger partial charge in [-0.05, 0) is 34.1 Å². The quantitative estimate of drug-likeness (QED) is 0.670. The molecule has 0 aliphatic heterocycles. The number of nitrogens with two attached hydrogens (primary N) is 1. The van der Waals surface area contributed by atoms with E-state index in [1.54, 1.807) is 0 Å². The van der Waals surface area contributed by atoms with E-state index in [4.69, 9.17) is 10.5 Å². The van der Waals surface area contributed by atoms with Crippen LogP contribution in [0.2, 0.25) is 0 Å². The zero-order chi connectivity index (χ0) is 13.7. The molecule has 0 spiro atoms. The molecule has 0 bridgehead atoms. The SMILES string of the molecule is CC(C)(N)CCOC(C)(C)CCOS(C)(=O)=O. The molecule has 0 amide bonds. The van der Waals surface area contributed by atoms with E-state index in [-0.39, 0.29) is 12.1 Å². The fourth-order valence-corrected chi connectivity index (χ4v) is 1.49. The van der Waals surface area contributed by atoms with Crippen molar-refractivity contribution >= 4 is 10.1 Å². The molecule has 0 rings (SSSR count). The monoisotopic (exact) mass is 267 g/mol. The maximum absolute atomic E-state index is 10.8. The summed E-state index contributed by atoms with van der Waals surface area (Å²) in [6.07, 6.45) is 2.31. The Morgan fingerprint density at radius 2 is 1.59 bits per heavy atom. The van der Waals surface area contributed by atoms with Gasteiger partial charge in [-0.15, -0.1) is 0 Å². The van der Waals surface area contributed by atoms with Crippen LogP contribution in [-0.4, -0.2) is 39.0 Å². The molecular formula is C11H25NO4S. The molecule has 0 aliphatic rings. The van der Waals surface area contributed by atoms with Crippen LogP contribution in [0.3, 0.4) is 0 Å². The van der Waals surface area contributed by atoms with Crippen molar-refractivity contribution in [1.82, 2.24) is 0 Å². The van der Waals surface area contributed by atoms with Crippen molar-refractivity contribution in [3.8, 4) is 0 Å². The molecule has 0 saturated carbocycles. The molecule has 0 fully saturated rings. The number of hydrogen-bond acceptors (Lipinski definition) is 5. The maximum atomic E-state index is 10.8. The fraction of sp³-hybridized carbons (Fsp3) is 1.00. The zero-order valence-corrected chi connectivity index (χ0v) is 12.3. The van der Waals surface area contributed by atoms with E-state index >= 15 is 0 Å². The highest BCUT2D eigenvalue weighted by atomic mass is 32.2. The summed E-state index contributed by atoms with van der Waals surface area (Å²) in [5.41, 5.74) is 5.18. The lowest BCUT2D eigenvalue weighted by atomic mass is 10.0. The molecule has 0 radical (unpaired) electrons. The first-order valence-electron chi connectivity index (χ1n) is 5.69. The van der Waals surface area contributed by atoms with E-state index in [0.29, 0.717) is 13.0 Å². The first-order chi connectivity index (χ1) is 7.41. The number of rotatable bonds is 8. The van der Waals surface area contributed by atoms with Gasteiger partial charge in [0.25, 0.3) is 10.1 Å². The Balaban J connectivity index is 3.88. The Kier molecular flexibility index (Phi) is 6.07. The maximum Gasteiger partial charge on any atom is 0.264 e. The van der Waals surface area contributed by atoms with Crippen LogP contribution in [0.1, 0.15) is 40.5 Å². The van der Waals surface area contributed by atoms with Gasteiger partial charge in [-0.3, -0.25) is 4.18 Å². The van der Waals surface area contributed by atoms with Gasteiger partial charge in [0.2, 0.25) is 0 Å². The van der Waals surface area contributed by atoms with Crippen LogP contribution >= 0.6 is 0 Å². The average Bonchev–Trinajstić information content (AvgIpc) is 1.96. The Morgan fingerprint density at radius 1 is 1.06 bits per heavy atom. The number of ether oxygens (including phenoxy) is 1. The second-order valence-electron chi connectivity index (χ2n) is 5.62. The largest absolute Gasteiger partial charge is 0.375 e. The highest BCUT2D eigenvalue weighted by molar-refractivity contribution is 7.85. The topological polar surface area (TPSA) is 78.6 Å². The molecule has 0 aliphatic carbocycles.